The summed E-state index contributed by atoms with van der Waals surface area (Å²) in [7, 11) is 0. The van der Waals surface area contributed by atoms with E-state index in [9.17, 15) is 0 Å². The summed E-state index contributed by atoms with van der Waals surface area (Å²) in [6, 6.07) is 6.09. The third-order valence-corrected chi connectivity index (χ3v) is 2.82. The Morgan fingerprint density at radius 1 is 1.47 bits per heavy atom. The van der Waals surface area contributed by atoms with Gasteiger partial charge in [0.1, 0.15) is 0 Å². The van der Waals surface area contributed by atoms with E-state index >= 15 is 0 Å². The Balaban J connectivity index is 1.90. The van der Waals surface area contributed by atoms with Crippen LogP contribution in [-0.2, 0) is 0 Å². The highest BCUT2D eigenvalue weighted by molar-refractivity contribution is 5.71. The van der Waals surface area contributed by atoms with Crippen LogP contribution in [0.3, 0.4) is 0 Å². The van der Waals surface area contributed by atoms with Gasteiger partial charge in [-0.15, -0.1) is 0 Å². The second kappa shape index (κ2) is 3.55. The van der Waals surface area contributed by atoms with E-state index in [-0.39, 0.29) is 0 Å². The summed E-state index contributed by atoms with van der Waals surface area (Å²) in [5.74, 6) is 0. The van der Waals surface area contributed by atoms with Crippen LogP contribution in [-0.4, -0.2) is 22.3 Å². The monoisotopic (exact) mass is 202 g/mol. The van der Waals surface area contributed by atoms with Gasteiger partial charge in [0.25, 0.3) is 0 Å². The van der Waals surface area contributed by atoms with Gasteiger partial charge in [0.2, 0.25) is 0 Å². The first-order chi connectivity index (χ1) is 7.43. The molecule has 0 amide bonds. The molecule has 0 radical (unpaired) electrons. The number of nitrogens with one attached hydrogen (secondary N) is 2. The highest BCUT2D eigenvalue weighted by Crippen LogP contribution is 2.18. The predicted molar refractivity (Wildman–Crippen MR) is 59.8 cm³/mol. The zero-order valence-electron chi connectivity index (χ0n) is 8.48. The molecule has 1 aliphatic heterocycles. The molecule has 0 aromatic carbocycles. The number of anilines is 1. The SMILES string of the molecule is c1ccn2ncc(NC3CCCN3)c2c1. The molecule has 1 aliphatic rings. The quantitative estimate of drug-likeness (QED) is 0.774. The molecule has 3 rings (SSSR count). The normalized spacial score (nSPS) is 20.9. The molecule has 3 heterocycles. The third kappa shape index (κ3) is 1.57. The number of aromatic nitrogens is 2. The molecule has 0 aliphatic carbocycles. The van der Waals surface area contributed by atoms with Crippen molar-refractivity contribution in [2.75, 3.05) is 11.9 Å². The molecule has 2 N–H and O–H groups in total. The number of rotatable bonds is 2. The minimum Gasteiger partial charge on any atom is -0.367 e. The van der Waals surface area contributed by atoms with Crippen LogP contribution in [0.4, 0.5) is 5.69 Å². The van der Waals surface area contributed by atoms with Gasteiger partial charge in [-0.2, -0.15) is 5.10 Å². The van der Waals surface area contributed by atoms with Crippen molar-refractivity contribution in [2.24, 2.45) is 0 Å². The van der Waals surface area contributed by atoms with Crippen molar-refractivity contribution in [3.8, 4) is 0 Å². The topological polar surface area (TPSA) is 41.4 Å². The van der Waals surface area contributed by atoms with Crippen molar-refractivity contribution >= 4 is 11.2 Å². The van der Waals surface area contributed by atoms with Gasteiger partial charge in [0.05, 0.1) is 23.6 Å². The summed E-state index contributed by atoms with van der Waals surface area (Å²) < 4.78 is 1.89. The minimum absolute atomic E-state index is 0.401. The summed E-state index contributed by atoms with van der Waals surface area (Å²) >= 11 is 0. The zero-order valence-corrected chi connectivity index (χ0v) is 8.48. The Kier molecular flexibility index (Phi) is 2.07. The third-order valence-electron chi connectivity index (χ3n) is 2.82. The van der Waals surface area contributed by atoms with Crippen LogP contribution in [0, 0.1) is 0 Å². The first kappa shape index (κ1) is 8.73. The van der Waals surface area contributed by atoms with E-state index < -0.39 is 0 Å². The lowest BCUT2D eigenvalue weighted by atomic mass is 10.3. The lowest BCUT2D eigenvalue weighted by molar-refractivity contribution is 0.680. The Morgan fingerprint density at radius 3 is 3.33 bits per heavy atom. The molecular weight excluding hydrogens is 188 g/mol. The van der Waals surface area contributed by atoms with Gasteiger partial charge in [-0.3, -0.25) is 5.32 Å². The Morgan fingerprint density at radius 2 is 2.47 bits per heavy atom. The number of pyridine rings is 1. The molecule has 2 aromatic rings. The second-order valence-corrected chi connectivity index (χ2v) is 3.88. The van der Waals surface area contributed by atoms with E-state index in [0.29, 0.717) is 6.17 Å². The van der Waals surface area contributed by atoms with Gasteiger partial charge >= 0.3 is 0 Å². The van der Waals surface area contributed by atoms with E-state index in [4.69, 9.17) is 0 Å². The van der Waals surface area contributed by atoms with Crippen molar-refractivity contribution < 1.29 is 0 Å². The average molecular weight is 202 g/mol. The van der Waals surface area contributed by atoms with Crippen LogP contribution in [0.25, 0.3) is 5.52 Å². The second-order valence-electron chi connectivity index (χ2n) is 3.88. The van der Waals surface area contributed by atoms with Crippen molar-refractivity contribution in [1.29, 1.82) is 0 Å². The maximum atomic E-state index is 4.29. The maximum Gasteiger partial charge on any atom is 0.0893 e. The molecule has 0 spiro atoms. The lowest BCUT2D eigenvalue weighted by Crippen LogP contribution is -2.29. The van der Waals surface area contributed by atoms with Crippen molar-refractivity contribution in [1.82, 2.24) is 14.9 Å². The lowest BCUT2D eigenvalue weighted by Gasteiger charge is -2.12. The van der Waals surface area contributed by atoms with Gasteiger partial charge in [0, 0.05) is 6.20 Å². The van der Waals surface area contributed by atoms with E-state index in [1.807, 2.05) is 29.0 Å². The van der Waals surface area contributed by atoms with Crippen LogP contribution in [0.2, 0.25) is 0 Å². The van der Waals surface area contributed by atoms with Gasteiger partial charge in [-0.05, 0) is 31.5 Å². The van der Waals surface area contributed by atoms with Crippen molar-refractivity contribution in [3.05, 3.63) is 30.6 Å². The van der Waals surface area contributed by atoms with E-state index in [1.165, 1.54) is 12.8 Å². The molecule has 2 aromatic heterocycles. The molecule has 78 valence electrons. The molecule has 4 nitrogen and oxygen atoms in total. The van der Waals surface area contributed by atoms with Crippen molar-refractivity contribution in [3.63, 3.8) is 0 Å². The molecule has 0 saturated carbocycles. The van der Waals surface area contributed by atoms with E-state index in [1.54, 1.807) is 0 Å². The number of fused-ring (bicyclic) bond motifs is 1. The fraction of sp³-hybridized carbons (Fsp3) is 0.364. The standard InChI is InChI=1S/C11H14N4/c1-2-7-15-10(4-1)9(8-13-15)14-11-5-3-6-12-11/h1-2,4,7-8,11-12,14H,3,5-6H2. The Labute approximate surface area is 88.3 Å². The van der Waals surface area contributed by atoms with Gasteiger partial charge < -0.3 is 5.32 Å². The first-order valence-electron chi connectivity index (χ1n) is 5.36. The van der Waals surface area contributed by atoms with Crippen LogP contribution < -0.4 is 10.6 Å². The summed E-state index contributed by atoms with van der Waals surface area (Å²) in [6.07, 6.45) is 6.68. The summed E-state index contributed by atoms with van der Waals surface area (Å²) in [5, 5.41) is 11.2. The summed E-state index contributed by atoms with van der Waals surface area (Å²) in [6.45, 7) is 1.11. The molecule has 1 fully saturated rings. The summed E-state index contributed by atoms with van der Waals surface area (Å²) in [5.41, 5.74) is 2.24. The van der Waals surface area contributed by atoms with Gasteiger partial charge in [-0.25, -0.2) is 4.52 Å². The minimum atomic E-state index is 0.401. The number of hydrogen-bond donors (Lipinski definition) is 2. The summed E-state index contributed by atoms with van der Waals surface area (Å²) in [4.78, 5) is 0. The van der Waals surface area contributed by atoms with E-state index in [0.717, 1.165) is 17.7 Å². The van der Waals surface area contributed by atoms with Gasteiger partial charge in [0.15, 0.2) is 0 Å². The number of hydrogen-bond acceptors (Lipinski definition) is 3. The molecule has 0 bridgehead atoms. The van der Waals surface area contributed by atoms with Gasteiger partial charge in [-0.1, -0.05) is 6.07 Å². The molecule has 4 heteroatoms. The fourth-order valence-corrected chi connectivity index (χ4v) is 2.04. The van der Waals surface area contributed by atoms with Crippen LogP contribution in [0.1, 0.15) is 12.8 Å². The number of nitrogens with zero attached hydrogens (tertiary/aromatic N) is 2. The highest BCUT2D eigenvalue weighted by atomic mass is 15.2. The predicted octanol–water partition coefficient (Wildman–Crippen LogP) is 1.46. The largest absolute Gasteiger partial charge is 0.367 e. The average Bonchev–Trinajstić information content (AvgIpc) is 2.89. The molecule has 1 atom stereocenters. The fourth-order valence-electron chi connectivity index (χ4n) is 2.04. The molecular formula is C11H14N4. The van der Waals surface area contributed by atoms with E-state index in [2.05, 4.69) is 21.8 Å². The van der Waals surface area contributed by atoms with Crippen LogP contribution >= 0.6 is 0 Å². The molecule has 1 unspecified atom stereocenters. The smallest absolute Gasteiger partial charge is 0.0893 e. The highest BCUT2D eigenvalue weighted by Gasteiger charge is 2.14. The van der Waals surface area contributed by atoms with Crippen LogP contribution in [0.15, 0.2) is 30.6 Å². The van der Waals surface area contributed by atoms with Crippen LogP contribution in [0.5, 0.6) is 0 Å². The maximum absolute atomic E-state index is 4.29. The Bertz CT molecular complexity index is 456. The first-order valence-corrected chi connectivity index (χ1v) is 5.36. The van der Waals surface area contributed by atoms with Crippen molar-refractivity contribution in [2.45, 2.75) is 19.0 Å². The molecule has 1 saturated heterocycles. The molecule has 15 heavy (non-hydrogen) atoms. The zero-order chi connectivity index (χ0) is 10.1. The Hall–Kier alpha value is -1.55.